The molecule has 2 aromatic heterocycles. The quantitative estimate of drug-likeness (QED) is 0.405. The number of imidazole rings is 1. The molecule has 0 saturated heterocycles. The standard InChI is InChI=1S/C24H21N5O5/c1-29-19-10-7-15(23(32)33-2)13-18(19)27-24(29)28-20(30)12-14-5-8-16(9-6-14)34-22-17(21(25)31)4-3-11-26-22/h3-11,13H,12H2,1-2H3,(H2,25,31)(H,27,28,30). The van der Waals surface area contributed by atoms with E-state index < -0.39 is 11.9 Å². The van der Waals surface area contributed by atoms with Gasteiger partial charge in [-0.15, -0.1) is 0 Å². The van der Waals surface area contributed by atoms with E-state index >= 15 is 0 Å². The number of carbonyl (C=O) groups is 3. The third-order valence-corrected chi connectivity index (χ3v) is 5.09. The van der Waals surface area contributed by atoms with Gasteiger partial charge in [-0.05, 0) is 48.0 Å². The lowest BCUT2D eigenvalue weighted by atomic mass is 10.1. The molecule has 0 fully saturated rings. The van der Waals surface area contributed by atoms with Crippen LogP contribution in [0.2, 0.25) is 0 Å². The van der Waals surface area contributed by atoms with Gasteiger partial charge in [0.05, 0.1) is 30.1 Å². The summed E-state index contributed by atoms with van der Waals surface area (Å²) in [5, 5.41) is 2.79. The number of hydrogen-bond acceptors (Lipinski definition) is 7. The van der Waals surface area contributed by atoms with Crippen molar-refractivity contribution in [2.75, 3.05) is 12.4 Å². The Morgan fingerprint density at radius 1 is 1.09 bits per heavy atom. The Hall–Kier alpha value is -4.73. The smallest absolute Gasteiger partial charge is 0.337 e. The Morgan fingerprint density at radius 3 is 2.56 bits per heavy atom. The number of aromatic nitrogens is 3. The van der Waals surface area contributed by atoms with Crippen LogP contribution in [0.3, 0.4) is 0 Å². The maximum Gasteiger partial charge on any atom is 0.337 e. The molecule has 0 unspecified atom stereocenters. The normalized spacial score (nSPS) is 10.6. The fraction of sp³-hybridized carbons (Fsp3) is 0.125. The zero-order valence-corrected chi connectivity index (χ0v) is 18.4. The summed E-state index contributed by atoms with van der Waals surface area (Å²) in [7, 11) is 3.08. The van der Waals surface area contributed by atoms with E-state index in [0.717, 1.165) is 11.1 Å². The van der Waals surface area contributed by atoms with Crippen molar-refractivity contribution in [1.82, 2.24) is 14.5 Å². The topological polar surface area (TPSA) is 138 Å². The number of anilines is 1. The number of carbonyl (C=O) groups excluding carboxylic acids is 3. The number of nitrogens with one attached hydrogen (secondary N) is 1. The van der Waals surface area contributed by atoms with E-state index in [0.29, 0.717) is 22.8 Å². The molecule has 0 aliphatic rings. The first kappa shape index (κ1) is 22.5. The average molecular weight is 459 g/mol. The highest BCUT2D eigenvalue weighted by molar-refractivity contribution is 5.96. The van der Waals surface area contributed by atoms with Crippen LogP contribution < -0.4 is 15.8 Å². The summed E-state index contributed by atoms with van der Waals surface area (Å²) in [6.07, 6.45) is 1.60. The van der Waals surface area contributed by atoms with Gasteiger partial charge in [-0.3, -0.25) is 14.9 Å². The van der Waals surface area contributed by atoms with Crippen molar-refractivity contribution in [2.24, 2.45) is 12.8 Å². The summed E-state index contributed by atoms with van der Waals surface area (Å²) in [5.74, 6) is -0.448. The van der Waals surface area contributed by atoms with E-state index in [1.54, 1.807) is 60.1 Å². The highest BCUT2D eigenvalue weighted by atomic mass is 16.5. The zero-order valence-electron chi connectivity index (χ0n) is 18.4. The Labute approximate surface area is 194 Å². The van der Waals surface area contributed by atoms with Crippen LogP contribution >= 0.6 is 0 Å². The van der Waals surface area contributed by atoms with Crippen molar-refractivity contribution >= 4 is 34.8 Å². The molecule has 34 heavy (non-hydrogen) atoms. The fourth-order valence-corrected chi connectivity index (χ4v) is 3.36. The van der Waals surface area contributed by atoms with Crippen LogP contribution in [0.1, 0.15) is 26.3 Å². The number of benzene rings is 2. The average Bonchev–Trinajstić information content (AvgIpc) is 3.14. The molecule has 0 aliphatic carbocycles. The summed E-state index contributed by atoms with van der Waals surface area (Å²) < 4.78 is 12.1. The number of nitrogens with zero attached hydrogens (tertiary/aromatic N) is 3. The van der Waals surface area contributed by atoms with Crippen LogP contribution in [0.15, 0.2) is 60.8 Å². The zero-order chi connectivity index (χ0) is 24.2. The van der Waals surface area contributed by atoms with E-state index in [2.05, 4.69) is 15.3 Å². The van der Waals surface area contributed by atoms with Crippen molar-refractivity contribution in [3.05, 3.63) is 77.5 Å². The molecular weight excluding hydrogens is 438 g/mol. The molecule has 4 rings (SSSR count). The number of pyridine rings is 1. The number of esters is 1. The van der Waals surface area contributed by atoms with Gasteiger partial charge < -0.3 is 19.8 Å². The lowest BCUT2D eigenvalue weighted by molar-refractivity contribution is -0.115. The number of rotatable bonds is 7. The van der Waals surface area contributed by atoms with Crippen molar-refractivity contribution in [3.63, 3.8) is 0 Å². The van der Waals surface area contributed by atoms with Gasteiger partial charge in [-0.1, -0.05) is 12.1 Å². The summed E-state index contributed by atoms with van der Waals surface area (Å²) >= 11 is 0. The van der Waals surface area contributed by atoms with Crippen LogP contribution in [0.25, 0.3) is 11.0 Å². The van der Waals surface area contributed by atoms with Gasteiger partial charge in [0.15, 0.2) is 0 Å². The molecule has 0 spiro atoms. The highest BCUT2D eigenvalue weighted by Crippen LogP contribution is 2.24. The van der Waals surface area contributed by atoms with Gasteiger partial charge in [-0.2, -0.15) is 0 Å². The van der Waals surface area contributed by atoms with Crippen molar-refractivity contribution in [2.45, 2.75) is 6.42 Å². The number of ether oxygens (including phenoxy) is 2. The maximum atomic E-state index is 12.6. The highest BCUT2D eigenvalue weighted by Gasteiger charge is 2.15. The Kier molecular flexibility index (Phi) is 6.22. The molecule has 4 aromatic rings. The number of aryl methyl sites for hydroxylation is 1. The van der Waals surface area contributed by atoms with Crippen LogP contribution in [0, 0.1) is 0 Å². The molecule has 0 atom stereocenters. The Balaban J connectivity index is 1.43. The van der Waals surface area contributed by atoms with Gasteiger partial charge in [-0.25, -0.2) is 14.8 Å². The van der Waals surface area contributed by atoms with Gasteiger partial charge in [0.2, 0.25) is 17.7 Å². The molecule has 2 aromatic carbocycles. The minimum atomic E-state index is -0.639. The number of amides is 2. The third-order valence-electron chi connectivity index (χ3n) is 5.09. The van der Waals surface area contributed by atoms with E-state index in [4.69, 9.17) is 15.2 Å². The Morgan fingerprint density at radius 2 is 1.85 bits per heavy atom. The van der Waals surface area contributed by atoms with Crippen molar-refractivity contribution in [3.8, 4) is 11.6 Å². The first-order valence-electron chi connectivity index (χ1n) is 10.2. The maximum absolute atomic E-state index is 12.6. The molecule has 10 nitrogen and oxygen atoms in total. The van der Waals surface area contributed by atoms with E-state index in [1.807, 2.05) is 0 Å². The second-order valence-electron chi connectivity index (χ2n) is 7.38. The molecular formula is C24H21N5O5. The van der Waals surface area contributed by atoms with Crippen LogP contribution in [0.4, 0.5) is 5.95 Å². The minimum absolute atomic E-state index is 0.104. The number of fused-ring (bicyclic) bond motifs is 1. The number of primary amides is 1. The molecule has 0 bridgehead atoms. The number of nitrogens with two attached hydrogens (primary N) is 1. The summed E-state index contributed by atoms with van der Waals surface area (Å²) in [6.45, 7) is 0. The molecule has 0 radical (unpaired) electrons. The summed E-state index contributed by atoms with van der Waals surface area (Å²) in [6, 6.07) is 14.9. The third kappa shape index (κ3) is 4.70. The summed E-state index contributed by atoms with van der Waals surface area (Å²) in [4.78, 5) is 44.3. The van der Waals surface area contributed by atoms with Crippen molar-refractivity contribution in [1.29, 1.82) is 0 Å². The first-order chi connectivity index (χ1) is 16.4. The van der Waals surface area contributed by atoms with Gasteiger partial charge in [0.25, 0.3) is 5.91 Å². The second-order valence-corrected chi connectivity index (χ2v) is 7.38. The predicted molar refractivity (Wildman–Crippen MR) is 124 cm³/mol. The van der Waals surface area contributed by atoms with Crippen LogP contribution in [0.5, 0.6) is 11.6 Å². The van der Waals surface area contributed by atoms with Gasteiger partial charge >= 0.3 is 5.97 Å². The largest absolute Gasteiger partial charge is 0.465 e. The molecule has 0 aliphatic heterocycles. The molecule has 3 N–H and O–H groups in total. The molecule has 172 valence electrons. The monoisotopic (exact) mass is 459 g/mol. The number of methoxy groups -OCH3 is 1. The molecule has 0 saturated carbocycles. The van der Waals surface area contributed by atoms with Gasteiger partial charge in [0, 0.05) is 13.2 Å². The van der Waals surface area contributed by atoms with Crippen LogP contribution in [-0.2, 0) is 23.0 Å². The van der Waals surface area contributed by atoms with Gasteiger partial charge in [0.1, 0.15) is 11.3 Å². The predicted octanol–water partition coefficient (Wildman–Crippen LogP) is 2.83. The number of hydrogen-bond donors (Lipinski definition) is 2. The molecule has 2 heterocycles. The first-order valence-corrected chi connectivity index (χ1v) is 10.2. The van der Waals surface area contributed by atoms with E-state index in [1.165, 1.54) is 19.4 Å². The van der Waals surface area contributed by atoms with E-state index in [-0.39, 0.29) is 23.8 Å². The lowest BCUT2D eigenvalue weighted by Crippen LogP contribution is -2.17. The SMILES string of the molecule is COC(=O)c1ccc2c(c1)nc(NC(=O)Cc1ccc(Oc3ncccc3C(N)=O)cc1)n2C. The fourth-order valence-electron chi connectivity index (χ4n) is 3.36. The summed E-state index contributed by atoms with van der Waals surface area (Å²) in [5.41, 5.74) is 7.96. The van der Waals surface area contributed by atoms with Crippen LogP contribution in [-0.4, -0.2) is 39.4 Å². The Bertz CT molecular complexity index is 1390. The molecule has 2 amide bonds. The van der Waals surface area contributed by atoms with Crippen molar-refractivity contribution < 1.29 is 23.9 Å². The second kappa shape index (κ2) is 9.41. The minimum Gasteiger partial charge on any atom is -0.465 e. The lowest BCUT2D eigenvalue weighted by Gasteiger charge is -2.09. The van der Waals surface area contributed by atoms with E-state index in [9.17, 15) is 14.4 Å². The molecule has 10 heteroatoms.